The Labute approximate surface area is 123 Å². The number of esters is 1. The summed E-state index contributed by atoms with van der Waals surface area (Å²) in [7, 11) is 3.06. The van der Waals surface area contributed by atoms with E-state index in [2.05, 4.69) is 4.98 Å². The second-order valence-corrected chi connectivity index (χ2v) is 5.23. The van der Waals surface area contributed by atoms with E-state index in [4.69, 9.17) is 9.47 Å². The van der Waals surface area contributed by atoms with Gasteiger partial charge in [-0.3, -0.25) is 9.78 Å². The molecule has 3 rings (SSSR count). The molecule has 1 aromatic carbocycles. The Hall–Kier alpha value is -2.36. The van der Waals surface area contributed by atoms with Gasteiger partial charge in [0.05, 0.1) is 31.5 Å². The number of methoxy groups -OCH3 is 2. The summed E-state index contributed by atoms with van der Waals surface area (Å²) < 4.78 is 10.0. The lowest BCUT2D eigenvalue weighted by Gasteiger charge is -2.13. The van der Waals surface area contributed by atoms with Gasteiger partial charge in [-0.15, -0.1) is 0 Å². The van der Waals surface area contributed by atoms with Crippen molar-refractivity contribution in [1.29, 1.82) is 0 Å². The van der Waals surface area contributed by atoms with Crippen molar-refractivity contribution in [3.8, 4) is 17.0 Å². The molecule has 2 aromatic rings. The first-order valence-corrected chi connectivity index (χ1v) is 6.89. The van der Waals surface area contributed by atoms with Crippen LogP contribution in [0.25, 0.3) is 11.3 Å². The summed E-state index contributed by atoms with van der Waals surface area (Å²) in [4.78, 5) is 16.2. The van der Waals surface area contributed by atoms with E-state index in [1.54, 1.807) is 13.3 Å². The van der Waals surface area contributed by atoms with Crippen LogP contribution < -0.4 is 4.74 Å². The second kappa shape index (κ2) is 5.20. The molecule has 1 heterocycles. The fourth-order valence-electron chi connectivity index (χ4n) is 2.56. The number of rotatable bonds is 4. The van der Waals surface area contributed by atoms with Crippen molar-refractivity contribution in [3.63, 3.8) is 0 Å². The monoisotopic (exact) mass is 283 g/mol. The summed E-state index contributed by atoms with van der Waals surface area (Å²) in [5, 5.41) is 0. The van der Waals surface area contributed by atoms with Gasteiger partial charge in [0.2, 0.25) is 0 Å². The molecule has 1 fully saturated rings. The van der Waals surface area contributed by atoms with Crippen LogP contribution in [0.15, 0.2) is 42.6 Å². The van der Waals surface area contributed by atoms with E-state index in [9.17, 15) is 4.79 Å². The van der Waals surface area contributed by atoms with E-state index in [0.29, 0.717) is 0 Å². The molecule has 0 atom stereocenters. The van der Waals surface area contributed by atoms with Gasteiger partial charge in [-0.2, -0.15) is 0 Å². The van der Waals surface area contributed by atoms with Crippen molar-refractivity contribution in [2.75, 3.05) is 14.2 Å². The van der Waals surface area contributed by atoms with Crippen molar-refractivity contribution in [2.45, 2.75) is 18.3 Å². The summed E-state index contributed by atoms with van der Waals surface area (Å²) in [6, 6.07) is 11.8. The van der Waals surface area contributed by atoms with Gasteiger partial charge >= 0.3 is 5.97 Å². The predicted molar refractivity (Wildman–Crippen MR) is 79.2 cm³/mol. The molecule has 1 aromatic heterocycles. The van der Waals surface area contributed by atoms with Crippen molar-refractivity contribution in [3.05, 3.63) is 48.2 Å². The molecule has 108 valence electrons. The summed E-state index contributed by atoms with van der Waals surface area (Å²) in [6.45, 7) is 0. The Morgan fingerprint density at radius 2 is 1.81 bits per heavy atom. The number of carbonyl (C=O) groups is 1. The van der Waals surface area contributed by atoms with Crippen LogP contribution in [-0.4, -0.2) is 25.2 Å². The molecule has 0 bridgehead atoms. The quantitative estimate of drug-likeness (QED) is 0.809. The Morgan fingerprint density at radius 1 is 1.10 bits per heavy atom. The maximum Gasteiger partial charge on any atom is 0.316 e. The van der Waals surface area contributed by atoms with E-state index in [1.807, 2.05) is 36.4 Å². The minimum Gasteiger partial charge on any atom is -0.495 e. The van der Waals surface area contributed by atoms with Crippen LogP contribution in [-0.2, 0) is 14.9 Å². The van der Waals surface area contributed by atoms with Gasteiger partial charge in [-0.05, 0) is 30.5 Å². The Kier molecular flexibility index (Phi) is 3.37. The number of ether oxygens (including phenoxy) is 2. The van der Waals surface area contributed by atoms with Crippen molar-refractivity contribution in [2.24, 2.45) is 0 Å². The van der Waals surface area contributed by atoms with E-state index in [-0.39, 0.29) is 5.97 Å². The van der Waals surface area contributed by atoms with Gasteiger partial charge in [-0.1, -0.05) is 24.3 Å². The minimum absolute atomic E-state index is 0.141. The van der Waals surface area contributed by atoms with Gasteiger partial charge in [0.1, 0.15) is 5.75 Å². The molecule has 1 aliphatic carbocycles. The molecule has 0 unspecified atom stereocenters. The Balaban J connectivity index is 1.85. The molecular formula is C17H17NO3. The van der Waals surface area contributed by atoms with Crippen LogP contribution in [0, 0.1) is 0 Å². The summed E-state index contributed by atoms with van der Waals surface area (Å²) in [5.41, 5.74) is 2.50. The number of carbonyl (C=O) groups excluding carboxylic acids is 1. The zero-order chi connectivity index (χ0) is 14.9. The largest absolute Gasteiger partial charge is 0.495 e. The van der Waals surface area contributed by atoms with Gasteiger partial charge in [0, 0.05) is 5.56 Å². The molecule has 0 radical (unpaired) electrons. The van der Waals surface area contributed by atoms with Crippen molar-refractivity contribution < 1.29 is 14.3 Å². The second-order valence-electron chi connectivity index (χ2n) is 5.23. The fourth-order valence-corrected chi connectivity index (χ4v) is 2.56. The molecule has 4 nitrogen and oxygen atoms in total. The summed E-state index contributed by atoms with van der Waals surface area (Å²) in [5.74, 6) is 0.593. The van der Waals surface area contributed by atoms with E-state index in [0.717, 1.165) is 35.4 Å². The number of benzene rings is 1. The highest BCUT2D eigenvalue weighted by Gasteiger charge is 2.52. The van der Waals surface area contributed by atoms with Gasteiger partial charge in [0.15, 0.2) is 0 Å². The predicted octanol–water partition coefficient (Wildman–Crippen LogP) is 2.96. The molecule has 1 aliphatic rings. The minimum atomic E-state index is -0.416. The molecule has 0 saturated heterocycles. The molecule has 0 aliphatic heterocycles. The normalized spacial score (nSPS) is 15.3. The van der Waals surface area contributed by atoms with Crippen LogP contribution in [0.4, 0.5) is 0 Å². The smallest absolute Gasteiger partial charge is 0.316 e. The molecule has 1 saturated carbocycles. The third kappa shape index (κ3) is 2.37. The Morgan fingerprint density at radius 3 is 2.29 bits per heavy atom. The topological polar surface area (TPSA) is 48.4 Å². The molecule has 0 amide bonds. The van der Waals surface area contributed by atoms with Crippen molar-refractivity contribution in [1.82, 2.24) is 4.98 Å². The van der Waals surface area contributed by atoms with E-state index in [1.165, 1.54) is 7.11 Å². The Bertz CT molecular complexity index is 643. The van der Waals surface area contributed by atoms with Crippen LogP contribution in [0.2, 0.25) is 0 Å². The molecule has 0 spiro atoms. The summed E-state index contributed by atoms with van der Waals surface area (Å²) >= 11 is 0. The zero-order valence-corrected chi connectivity index (χ0v) is 12.1. The lowest BCUT2D eigenvalue weighted by Crippen LogP contribution is -2.21. The van der Waals surface area contributed by atoms with Crippen molar-refractivity contribution >= 4 is 5.97 Å². The number of hydrogen-bond donors (Lipinski definition) is 0. The standard InChI is InChI=1S/C17H17NO3/c1-20-14-7-8-15(18-11-14)12-3-5-13(6-4-12)17(9-10-17)16(19)21-2/h3-8,11H,9-10H2,1-2H3. The summed E-state index contributed by atoms with van der Waals surface area (Å²) in [6.07, 6.45) is 3.42. The van der Waals surface area contributed by atoms with Crippen LogP contribution in [0.5, 0.6) is 5.75 Å². The van der Waals surface area contributed by atoms with E-state index < -0.39 is 5.41 Å². The first kappa shape index (κ1) is 13.6. The van der Waals surface area contributed by atoms with Gasteiger partial charge in [-0.25, -0.2) is 0 Å². The highest BCUT2D eigenvalue weighted by atomic mass is 16.5. The number of aromatic nitrogens is 1. The van der Waals surface area contributed by atoms with Gasteiger partial charge in [0.25, 0.3) is 0 Å². The first-order chi connectivity index (χ1) is 10.2. The lowest BCUT2D eigenvalue weighted by atomic mass is 9.94. The number of hydrogen-bond acceptors (Lipinski definition) is 4. The molecular weight excluding hydrogens is 266 g/mol. The maximum atomic E-state index is 11.9. The van der Waals surface area contributed by atoms with Crippen LogP contribution in [0.1, 0.15) is 18.4 Å². The van der Waals surface area contributed by atoms with E-state index >= 15 is 0 Å². The third-order valence-electron chi connectivity index (χ3n) is 4.03. The zero-order valence-electron chi connectivity index (χ0n) is 12.1. The highest BCUT2D eigenvalue weighted by molar-refractivity contribution is 5.86. The first-order valence-electron chi connectivity index (χ1n) is 6.89. The number of nitrogens with zero attached hydrogens (tertiary/aromatic N) is 1. The lowest BCUT2D eigenvalue weighted by molar-refractivity contribution is -0.143. The molecule has 0 N–H and O–H groups in total. The van der Waals surface area contributed by atoms with Gasteiger partial charge < -0.3 is 9.47 Å². The average Bonchev–Trinajstić information content (AvgIpc) is 3.36. The maximum absolute atomic E-state index is 11.9. The molecule has 4 heteroatoms. The highest BCUT2D eigenvalue weighted by Crippen LogP contribution is 2.49. The SMILES string of the molecule is COC(=O)C1(c2ccc(-c3ccc(OC)cn3)cc2)CC1. The van der Waals surface area contributed by atoms with Crippen LogP contribution in [0.3, 0.4) is 0 Å². The number of pyridine rings is 1. The van der Waals surface area contributed by atoms with Crippen LogP contribution >= 0.6 is 0 Å². The molecule has 21 heavy (non-hydrogen) atoms. The fraction of sp³-hybridized carbons (Fsp3) is 0.294. The third-order valence-corrected chi connectivity index (χ3v) is 4.03. The average molecular weight is 283 g/mol.